The Balaban J connectivity index is 2.80. The van der Waals surface area contributed by atoms with Crippen LogP contribution in [0.4, 0.5) is 10.5 Å². The topological polar surface area (TPSA) is 128 Å². The van der Waals surface area contributed by atoms with Crippen LogP contribution in [0.1, 0.15) is 31.1 Å². The van der Waals surface area contributed by atoms with E-state index in [2.05, 4.69) is 5.32 Å². The summed E-state index contributed by atoms with van der Waals surface area (Å²) in [4.78, 5) is 45.5. The fourth-order valence-electron chi connectivity index (χ4n) is 1.76. The van der Waals surface area contributed by atoms with Crippen molar-refractivity contribution in [1.82, 2.24) is 5.32 Å². The van der Waals surface area contributed by atoms with Gasteiger partial charge in [-0.3, -0.25) is 14.9 Å². The van der Waals surface area contributed by atoms with Gasteiger partial charge in [0.15, 0.2) is 6.10 Å². The molecule has 0 unspecified atom stereocenters. The highest BCUT2D eigenvalue weighted by atomic mass is 16.5. The number of ether oxygens (including phenoxy) is 1. The van der Waals surface area contributed by atoms with E-state index in [9.17, 15) is 19.2 Å². The van der Waals surface area contributed by atoms with E-state index in [1.165, 1.54) is 31.2 Å². The second-order valence-corrected chi connectivity index (χ2v) is 5.18. The number of hydrogen-bond donors (Lipinski definition) is 3. The van der Waals surface area contributed by atoms with Gasteiger partial charge in [-0.05, 0) is 30.2 Å². The molecule has 23 heavy (non-hydrogen) atoms. The normalized spacial score (nSPS) is 11.5. The molecule has 124 valence electrons. The first kappa shape index (κ1) is 18.1. The van der Waals surface area contributed by atoms with Crippen molar-refractivity contribution in [3.05, 3.63) is 29.8 Å². The molecule has 0 saturated carbocycles. The number of benzene rings is 1. The Labute approximate surface area is 133 Å². The van der Waals surface area contributed by atoms with Gasteiger partial charge in [-0.25, -0.2) is 9.59 Å². The molecule has 0 saturated heterocycles. The molecule has 8 heteroatoms. The van der Waals surface area contributed by atoms with Gasteiger partial charge >= 0.3 is 12.0 Å². The van der Waals surface area contributed by atoms with Crippen LogP contribution in [0.2, 0.25) is 0 Å². The van der Waals surface area contributed by atoms with Crippen molar-refractivity contribution >= 4 is 29.5 Å². The van der Waals surface area contributed by atoms with Gasteiger partial charge in [0.05, 0.1) is 5.56 Å². The summed E-state index contributed by atoms with van der Waals surface area (Å²) < 4.78 is 5.14. The van der Waals surface area contributed by atoms with Gasteiger partial charge in [-0.2, -0.15) is 0 Å². The number of carbonyl (C=O) groups excluding carboxylic acids is 4. The van der Waals surface area contributed by atoms with Gasteiger partial charge in [0.25, 0.3) is 5.91 Å². The van der Waals surface area contributed by atoms with Crippen LogP contribution in [0, 0.1) is 5.92 Å². The molecule has 0 aliphatic rings. The van der Waals surface area contributed by atoms with E-state index in [0.29, 0.717) is 5.69 Å². The summed E-state index contributed by atoms with van der Waals surface area (Å²) in [6.45, 7) is 4.70. The molecule has 1 atom stereocenters. The maximum atomic E-state index is 12.1. The maximum absolute atomic E-state index is 12.1. The standard InChI is InChI=1S/C15H19N3O5/c1-8(2)12(13(20)18-15(16)22)23-14(21)10-4-6-11(7-5-10)17-9(3)19/h4-8,12H,1-3H3,(H,17,19)(H3,16,18,20,22)/t12-/m1/s1. The number of carbonyl (C=O) groups is 4. The van der Waals surface area contributed by atoms with E-state index in [1.807, 2.05) is 5.32 Å². The van der Waals surface area contributed by atoms with E-state index in [-0.39, 0.29) is 17.4 Å². The molecule has 0 spiro atoms. The molecule has 1 rings (SSSR count). The van der Waals surface area contributed by atoms with E-state index >= 15 is 0 Å². The number of imide groups is 1. The van der Waals surface area contributed by atoms with Crippen LogP contribution in [0.25, 0.3) is 0 Å². The monoisotopic (exact) mass is 321 g/mol. The highest BCUT2D eigenvalue weighted by Gasteiger charge is 2.27. The zero-order valence-electron chi connectivity index (χ0n) is 13.1. The summed E-state index contributed by atoms with van der Waals surface area (Å²) in [5, 5.41) is 4.45. The quantitative estimate of drug-likeness (QED) is 0.698. The van der Waals surface area contributed by atoms with Gasteiger partial charge in [0.1, 0.15) is 0 Å². The number of primary amides is 1. The summed E-state index contributed by atoms with van der Waals surface area (Å²) in [5.41, 5.74) is 5.62. The van der Waals surface area contributed by atoms with Gasteiger partial charge in [-0.15, -0.1) is 0 Å². The molecule has 1 aromatic carbocycles. The smallest absolute Gasteiger partial charge is 0.338 e. The molecular formula is C15H19N3O5. The number of hydrogen-bond acceptors (Lipinski definition) is 5. The fourth-order valence-corrected chi connectivity index (χ4v) is 1.76. The predicted octanol–water partition coefficient (Wildman–Crippen LogP) is 1.02. The zero-order valence-corrected chi connectivity index (χ0v) is 13.1. The number of amides is 4. The number of anilines is 1. The number of nitrogens with two attached hydrogens (primary N) is 1. The first-order valence-electron chi connectivity index (χ1n) is 6.89. The van der Waals surface area contributed by atoms with E-state index in [0.717, 1.165) is 0 Å². The first-order valence-corrected chi connectivity index (χ1v) is 6.89. The highest BCUT2D eigenvalue weighted by molar-refractivity contribution is 5.98. The van der Waals surface area contributed by atoms with Gasteiger partial charge in [0.2, 0.25) is 5.91 Å². The number of urea groups is 1. The average molecular weight is 321 g/mol. The fraction of sp³-hybridized carbons (Fsp3) is 0.333. The van der Waals surface area contributed by atoms with E-state index in [4.69, 9.17) is 10.5 Å². The van der Waals surface area contributed by atoms with Crippen molar-refractivity contribution in [2.24, 2.45) is 11.7 Å². The maximum Gasteiger partial charge on any atom is 0.338 e. The minimum atomic E-state index is -1.15. The lowest BCUT2D eigenvalue weighted by molar-refractivity contribution is -0.130. The summed E-state index contributed by atoms with van der Waals surface area (Å²) in [5.74, 6) is -2.09. The van der Waals surface area contributed by atoms with Crippen molar-refractivity contribution in [2.75, 3.05) is 5.32 Å². The molecule has 0 aliphatic heterocycles. The third kappa shape index (κ3) is 5.77. The van der Waals surface area contributed by atoms with Crippen LogP contribution in [0.5, 0.6) is 0 Å². The Bertz CT molecular complexity index is 610. The molecule has 0 radical (unpaired) electrons. The third-order valence-electron chi connectivity index (χ3n) is 2.79. The SMILES string of the molecule is CC(=O)Nc1ccc(C(=O)O[C@@H](C(=O)NC(N)=O)C(C)C)cc1. The second kappa shape index (κ2) is 7.92. The summed E-state index contributed by atoms with van der Waals surface area (Å²) in [7, 11) is 0. The Morgan fingerprint density at radius 1 is 1.09 bits per heavy atom. The summed E-state index contributed by atoms with van der Waals surface area (Å²) in [6, 6.07) is 4.96. The molecule has 0 fully saturated rings. The molecule has 4 amide bonds. The average Bonchev–Trinajstić information content (AvgIpc) is 2.43. The minimum absolute atomic E-state index is 0.205. The lowest BCUT2D eigenvalue weighted by Gasteiger charge is -2.19. The van der Waals surface area contributed by atoms with Crippen molar-refractivity contribution in [2.45, 2.75) is 26.9 Å². The van der Waals surface area contributed by atoms with E-state index < -0.39 is 24.0 Å². The van der Waals surface area contributed by atoms with Crippen LogP contribution >= 0.6 is 0 Å². The number of rotatable bonds is 5. The highest BCUT2D eigenvalue weighted by Crippen LogP contribution is 2.14. The lowest BCUT2D eigenvalue weighted by Crippen LogP contribution is -2.45. The molecule has 0 bridgehead atoms. The molecular weight excluding hydrogens is 302 g/mol. The van der Waals surface area contributed by atoms with Gasteiger partial charge < -0.3 is 15.8 Å². The zero-order chi connectivity index (χ0) is 17.6. The Morgan fingerprint density at radius 3 is 2.09 bits per heavy atom. The lowest BCUT2D eigenvalue weighted by atomic mass is 10.1. The van der Waals surface area contributed by atoms with Crippen LogP contribution in [-0.4, -0.2) is 29.9 Å². The predicted molar refractivity (Wildman–Crippen MR) is 82.5 cm³/mol. The molecule has 4 N–H and O–H groups in total. The van der Waals surface area contributed by atoms with Crippen molar-refractivity contribution < 1.29 is 23.9 Å². The Morgan fingerprint density at radius 2 is 1.65 bits per heavy atom. The van der Waals surface area contributed by atoms with Gasteiger partial charge in [0, 0.05) is 12.6 Å². The second-order valence-electron chi connectivity index (χ2n) is 5.18. The number of esters is 1. The molecule has 8 nitrogen and oxygen atoms in total. The van der Waals surface area contributed by atoms with Crippen LogP contribution in [0.15, 0.2) is 24.3 Å². The largest absolute Gasteiger partial charge is 0.448 e. The van der Waals surface area contributed by atoms with Crippen LogP contribution in [0.3, 0.4) is 0 Å². The molecule has 0 aliphatic carbocycles. The molecule has 1 aromatic rings. The first-order chi connectivity index (χ1) is 10.7. The van der Waals surface area contributed by atoms with Crippen LogP contribution in [-0.2, 0) is 14.3 Å². The van der Waals surface area contributed by atoms with Crippen LogP contribution < -0.4 is 16.4 Å². The van der Waals surface area contributed by atoms with Crippen molar-refractivity contribution in [1.29, 1.82) is 0 Å². The van der Waals surface area contributed by atoms with Crippen molar-refractivity contribution in [3.63, 3.8) is 0 Å². The summed E-state index contributed by atoms with van der Waals surface area (Å²) in [6.07, 6.45) is -1.15. The molecule has 0 heterocycles. The Hall–Kier alpha value is -2.90. The van der Waals surface area contributed by atoms with E-state index in [1.54, 1.807) is 13.8 Å². The third-order valence-corrected chi connectivity index (χ3v) is 2.79. The number of nitrogens with one attached hydrogen (secondary N) is 2. The Kier molecular flexibility index (Phi) is 6.25. The van der Waals surface area contributed by atoms with Crippen molar-refractivity contribution in [3.8, 4) is 0 Å². The molecule has 0 aromatic heterocycles. The van der Waals surface area contributed by atoms with Gasteiger partial charge in [-0.1, -0.05) is 13.8 Å². The summed E-state index contributed by atoms with van der Waals surface area (Å²) >= 11 is 0. The minimum Gasteiger partial charge on any atom is -0.448 e.